The zero-order valence-electron chi connectivity index (χ0n) is 72.7. The number of carbonyl (C=O) groups excluding carboxylic acids is 4. The standard InChI is InChI=1S/C91H178O17P2/c1-8-9-10-11-12-13-14-27-37-44-51-58-65-72-88(93)101-78-87(108-91(96)75-68-61-54-47-40-33-32-36-43-50-57-64-71-84(6)7)81-106-110(99,100)104-77-85(92)76-103-109(97,98)105-80-86(107-90(95)74-67-60-53-46-39-31-26-22-18-16-20-24-29-35-42-49-56-63-70-83(4)5)79-102-89(94)73-66-59-52-45-38-30-25-21-17-15-19-23-28-34-41-48-55-62-69-82(2)3/h82-87,92H,8-81H2,1-7H3,(H,97,98)(H,99,100)/t85-,86-,87-/m1/s1. The van der Waals surface area contributed by atoms with Crippen LogP contribution in [0.5, 0.6) is 0 Å². The molecule has 654 valence electrons. The number of rotatable bonds is 89. The monoisotopic (exact) mass is 1610 g/mol. The molecule has 0 bridgehead atoms. The van der Waals surface area contributed by atoms with E-state index in [4.69, 9.17) is 37.0 Å². The lowest BCUT2D eigenvalue weighted by Crippen LogP contribution is -2.30. The van der Waals surface area contributed by atoms with Crippen molar-refractivity contribution in [2.45, 2.75) is 503 Å². The van der Waals surface area contributed by atoms with Crippen LogP contribution in [0.25, 0.3) is 0 Å². The first-order valence-electron chi connectivity index (χ1n) is 46.8. The van der Waals surface area contributed by atoms with Crippen LogP contribution in [-0.2, 0) is 65.4 Å². The maximum atomic E-state index is 13.2. The Bertz CT molecular complexity index is 2110. The van der Waals surface area contributed by atoms with Gasteiger partial charge in [0, 0.05) is 25.7 Å². The Hall–Kier alpha value is -1.94. The highest BCUT2D eigenvalue weighted by molar-refractivity contribution is 7.47. The lowest BCUT2D eigenvalue weighted by molar-refractivity contribution is -0.161. The minimum atomic E-state index is -4.97. The third kappa shape index (κ3) is 84.0. The minimum absolute atomic E-state index is 0.108. The second kappa shape index (κ2) is 80.8. The van der Waals surface area contributed by atoms with Gasteiger partial charge in [-0.1, -0.05) is 434 Å². The highest BCUT2D eigenvalue weighted by atomic mass is 31.2. The minimum Gasteiger partial charge on any atom is -0.462 e. The van der Waals surface area contributed by atoms with Crippen LogP contribution in [0.1, 0.15) is 485 Å². The van der Waals surface area contributed by atoms with Crippen LogP contribution in [0.4, 0.5) is 0 Å². The van der Waals surface area contributed by atoms with Crippen LogP contribution < -0.4 is 0 Å². The van der Waals surface area contributed by atoms with Gasteiger partial charge in [-0.3, -0.25) is 37.3 Å². The largest absolute Gasteiger partial charge is 0.472 e. The molecule has 0 saturated carbocycles. The lowest BCUT2D eigenvalue weighted by atomic mass is 10.0. The molecular formula is C91H178O17P2. The third-order valence-corrected chi connectivity index (χ3v) is 23.3. The van der Waals surface area contributed by atoms with E-state index in [1.807, 2.05) is 0 Å². The SMILES string of the molecule is CCCCCCCCCCCCCCCC(=O)OC[C@H](COP(=O)(O)OC[C@H](O)COP(=O)(O)OC[C@@H](COC(=O)CCCCCCCCCCCCCCCCCCCCC(C)C)OC(=O)CCCCCCCCCCCCCCCCCCCCC(C)C)OC(=O)CCCCCCCCCCCCCCC(C)C. The quantitative estimate of drug-likeness (QED) is 0.0222. The molecule has 3 N–H and O–H groups in total. The second-order valence-corrected chi connectivity index (χ2v) is 37.0. The molecule has 0 fully saturated rings. The third-order valence-electron chi connectivity index (χ3n) is 21.4. The molecule has 17 nitrogen and oxygen atoms in total. The van der Waals surface area contributed by atoms with Gasteiger partial charge in [0.1, 0.15) is 19.3 Å². The lowest BCUT2D eigenvalue weighted by Gasteiger charge is -2.21. The van der Waals surface area contributed by atoms with Crippen LogP contribution in [0.3, 0.4) is 0 Å². The predicted octanol–water partition coefficient (Wildman–Crippen LogP) is 28.0. The summed E-state index contributed by atoms with van der Waals surface area (Å²) in [6, 6.07) is 0. The van der Waals surface area contributed by atoms with Crippen molar-refractivity contribution in [3.63, 3.8) is 0 Å². The van der Waals surface area contributed by atoms with Gasteiger partial charge in [-0.2, -0.15) is 0 Å². The van der Waals surface area contributed by atoms with Crippen molar-refractivity contribution in [1.82, 2.24) is 0 Å². The molecule has 0 rings (SSSR count). The fraction of sp³-hybridized carbons (Fsp3) is 0.956. The average molecular weight is 1610 g/mol. The molecule has 0 aromatic carbocycles. The van der Waals surface area contributed by atoms with E-state index in [0.717, 1.165) is 108 Å². The predicted molar refractivity (Wildman–Crippen MR) is 455 cm³/mol. The molecule has 5 atom stereocenters. The number of phosphoric acid groups is 2. The summed E-state index contributed by atoms with van der Waals surface area (Å²) < 4.78 is 69.1. The molecule has 110 heavy (non-hydrogen) atoms. The maximum absolute atomic E-state index is 13.2. The molecular weight excluding hydrogens is 1430 g/mol. The van der Waals surface area contributed by atoms with Crippen molar-refractivity contribution in [3.05, 3.63) is 0 Å². The summed E-state index contributed by atoms with van der Waals surface area (Å²) in [5.41, 5.74) is 0. The molecule has 0 spiro atoms. The molecule has 0 aliphatic heterocycles. The molecule has 0 aromatic heterocycles. The molecule has 0 heterocycles. The van der Waals surface area contributed by atoms with E-state index in [1.54, 1.807) is 0 Å². The maximum Gasteiger partial charge on any atom is 0.472 e. The molecule has 0 saturated heterocycles. The summed E-state index contributed by atoms with van der Waals surface area (Å²) in [4.78, 5) is 73.4. The van der Waals surface area contributed by atoms with E-state index < -0.39 is 97.5 Å². The van der Waals surface area contributed by atoms with Gasteiger partial charge in [0.05, 0.1) is 26.4 Å². The Balaban J connectivity index is 5.25. The number of unbranched alkanes of at least 4 members (excludes halogenated alkanes) is 57. The zero-order valence-corrected chi connectivity index (χ0v) is 74.5. The number of hydrogen-bond acceptors (Lipinski definition) is 15. The van der Waals surface area contributed by atoms with E-state index in [2.05, 4.69) is 48.5 Å². The fourth-order valence-corrected chi connectivity index (χ4v) is 15.8. The van der Waals surface area contributed by atoms with Gasteiger partial charge in [-0.25, -0.2) is 9.13 Å². The summed E-state index contributed by atoms with van der Waals surface area (Å²) in [5.74, 6) is 0.323. The summed E-state index contributed by atoms with van der Waals surface area (Å²) in [7, 11) is -9.94. The first kappa shape index (κ1) is 108. The van der Waals surface area contributed by atoms with Crippen molar-refractivity contribution in [2.75, 3.05) is 39.6 Å². The highest BCUT2D eigenvalue weighted by Crippen LogP contribution is 2.45. The number of esters is 4. The van der Waals surface area contributed by atoms with E-state index in [1.165, 1.54) is 295 Å². The zero-order chi connectivity index (χ0) is 80.8. The normalized spacial score (nSPS) is 13.8. The highest BCUT2D eigenvalue weighted by Gasteiger charge is 2.31. The smallest absolute Gasteiger partial charge is 0.462 e. The Morgan fingerprint density at radius 2 is 0.418 bits per heavy atom. The Kier molecular flexibility index (Phi) is 79.4. The number of phosphoric ester groups is 2. The molecule has 0 amide bonds. The second-order valence-electron chi connectivity index (χ2n) is 34.1. The Labute approximate surface area is 677 Å². The van der Waals surface area contributed by atoms with Gasteiger partial charge in [-0.05, 0) is 43.4 Å². The first-order chi connectivity index (χ1) is 53.2. The van der Waals surface area contributed by atoms with E-state index in [9.17, 15) is 43.2 Å². The van der Waals surface area contributed by atoms with E-state index >= 15 is 0 Å². The van der Waals surface area contributed by atoms with Crippen LogP contribution in [0, 0.1) is 17.8 Å². The van der Waals surface area contributed by atoms with Crippen molar-refractivity contribution < 1.29 is 80.2 Å². The van der Waals surface area contributed by atoms with Gasteiger partial charge in [0.15, 0.2) is 12.2 Å². The topological polar surface area (TPSA) is 237 Å². The summed E-state index contributed by atoms with van der Waals surface area (Å²) >= 11 is 0. The molecule has 0 radical (unpaired) electrons. The van der Waals surface area contributed by atoms with E-state index in [-0.39, 0.29) is 25.7 Å². The van der Waals surface area contributed by atoms with Crippen molar-refractivity contribution in [1.29, 1.82) is 0 Å². The van der Waals surface area contributed by atoms with Gasteiger partial charge in [0.25, 0.3) is 0 Å². The van der Waals surface area contributed by atoms with Crippen LogP contribution >= 0.6 is 15.6 Å². The van der Waals surface area contributed by atoms with Gasteiger partial charge in [-0.15, -0.1) is 0 Å². The molecule has 0 aliphatic carbocycles. The first-order valence-corrected chi connectivity index (χ1v) is 49.8. The summed E-state index contributed by atoms with van der Waals surface area (Å²) in [5, 5.41) is 10.7. The summed E-state index contributed by atoms with van der Waals surface area (Å²) in [6.45, 7) is 12.1. The van der Waals surface area contributed by atoms with Crippen LogP contribution in [-0.4, -0.2) is 96.7 Å². The van der Waals surface area contributed by atoms with Gasteiger partial charge in [0.2, 0.25) is 0 Å². The number of aliphatic hydroxyl groups is 1. The van der Waals surface area contributed by atoms with Crippen molar-refractivity contribution in [2.24, 2.45) is 17.8 Å². The number of carbonyl (C=O) groups is 4. The Morgan fingerprint density at radius 1 is 0.245 bits per heavy atom. The van der Waals surface area contributed by atoms with E-state index in [0.29, 0.717) is 25.7 Å². The van der Waals surface area contributed by atoms with Crippen molar-refractivity contribution >= 4 is 39.5 Å². The summed E-state index contributed by atoms with van der Waals surface area (Å²) in [6.07, 6.45) is 73.6. The Morgan fingerprint density at radius 3 is 0.618 bits per heavy atom. The van der Waals surface area contributed by atoms with Gasteiger partial charge < -0.3 is 33.8 Å². The van der Waals surface area contributed by atoms with Crippen LogP contribution in [0.2, 0.25) is 0 Å². The fourth-order valence-electron chi connectivity index (χ4n) is 14.3. The molecule has 0 aliphatic rings. The average Bonchev–Trinajstić information content (AvgIpc) is 0.899. The number of aliphatic hydroxyl groups excluding tert-OH is 1. The van der Waals surface area contributed by atoms with Gasteiger partial charge >= 0.3 is 39.5 Å². The number of ether oxygens (including phenoxy) is 4. The molecule has 0 aromatic rings. The van der Waals surface area contributed by atoms with Crippen molar-refractivity contribution in [3.8, 4) is 0 Å². The number of hydrogen-bond donors (Lipinski definition) is 3. The van der Waals surface area contributed by atoms with Crippen LogP contribution in [0.15, 0.2) is 0 Å². The molecule has 2 unspecified atom stereocenters. The molecule has 19 heteroatoms.